The van der Waals surface area contributed by atoms with Crippen LogP contribution >= 0.6 is 11.8 Å². The first-order valence-electron chi connectivity index (χ1n) is 7.32. The minimum atomic E-state index is -0.389. The van der Waals surface area contributed by atoms with E-state index in [1.54, 1.807) is 14.2 Å². The van der Waals surface area contributed by atoms with E-state index in [2.05, 4.69) is 4.99 Å². The quantitative estimate of drug-likeness (QED) is 0.781. The van der Waals surface area contributed by atoms with Gasteiger partial charge in [0.2, 0.25) is 0 Å². The third-order valence-electron chi connectivity index (χ3n) is 3.95. The van der Waals surface area contributed by atoms with E-state index in [4.69, 9.17) is 14.2 Å². The largest absolute Gasteiger partial charge is 0.493 e. The number of fused-ring (bicyclic) bond motifs is 1. The maximum atomic E-state index is 12.4. The molecule has 1 aromatic carbocycles. The van der Waals surface area contributed by atoms with Gasteiger partial charge in [0.25, 0.3) is 0 Å². The highest BCUT2D eigenvalue weighted by atomic mass is 32.2. The molecule has 2 aliphatic heterocycles. The summed E-state index contributed by atoms with van der Waals surface area (Å²) in [6.45, 7) is 1.82. The van der Waals surface area contributed by atoms with Crippen LogP contribution in [0.5, 0.6) is 11.5 Å². The van der Waals surface area contributed by atoms with Crippen molar-refractivity contribution in [3.05, 3.63) is 46.6 Å². The SMILES string of the molecule is COC(=O)C1=C(C)N=C2SC=CN2[C@@H]1c1ccc(OC)c(OC)c1. The Morgan fingerprint density at radius 1 is 1.21 bits per heavy atom. The molecule has 0 saturated carbocycles. The van der Waals surface area contributed by atoms with Crippen molar-refractivity contribution in [2.45, 2.75) is 13.0 Å². The van der Waals surface area contributed by atoms with Gasteiger partial charge in [0.05, 0.1) is 38.6 Å². The van der Waals surface area contributed by atoms with Gasteiger partial charge in [-0.1, -0.05) is 17.8 Å². The first-order chi connectivity index (χ1) is 11.6. The number of aliphatic imine (C=N–C) groups is 1. The summed E-state index contributed by atoms with van der Waals surface area (Å²) in [4.78, 5) is 18.8. The molecule has 0 aliphatic carbocycles. The Kier molecular flexibility index (Phi) is 4.53. The molecule has 0 N–H and O–H groups in total. The van der Waals surface area contributed by atoms with Crippen molar-refractivity contribution in [2.24, 2.45) is 4.99 Å². The van der Waals surface area contributed by atoms with E-state index in [1.807, 2.05) is 41.6 Å². The number of allylic oxidation sites excluding steroid dienone is 1. The smallest absolute Gasteiger partial charge is 0.338 e. The Labute approximate surface area is 144 Å². The first kappa shape index (κ1) is 16.4. The van der Waals surface area contributed by atoms with Gasteiger partial charge < -0.3 is 19.1 Å². The van der Waals surface area contributed by atoms with Crippen LogP contribution in [0, 0.1) is 0 Å². The molecule has 24 heavy (non-hydrogen) atoms. The first-order valence-corrected chi connectivity index (χ1v) is 8.20. The number of carbonyl (C=O) groups excluding carboxylic acids is 1. The van der Waals surface area contributed by atoms with Crippen LogP contribution in [0.4, 0.5) is 0 Å². The van der Waals surface area contributed by atoms with Crippen LogP contribution in [0.1, 0.15) is 18.5 Å². The zero-order chi connectivity index (χ0) is 17.3. The van der Waals surface area contributed by atoms with Gasteiger partial charge in [-0.3, -0.25) is 0 Å². The lowest BCUT2D eigenvalue weighted by Gasteiger charge is -2.33. The van der Waals surface area contributed by atoms with E-state index in [0.717, 1.165) is 10.7 Å². The Morgan fingerprint density at radius 2 is 1.96 bits per heavy atom. The van der Waals surface area contributed by atoms with E-state index in [9.17, 15) is 4.79 Å². The zero-order valence-electron chi connectivity index (χ0n) is 13.9. The number of amidine groups is 1. The van der Waals surface area contributed by atoms with E-state index in [0.29, 0.717) is 22.8 Å². The Hall–Kier alpha value is -2.41. The summed E-state index contributed by atoms with van der Waals surface area (Å²) in [5, 5.41) is 2.78. The van der Waals surface area contributed by atoms with Gasteiger partial charge in [-0.2, -0.15) is 0 Å². The average Bonchev–Trinajstić information content (AvgIpc) is 3.07. The normalized spacial score (nSPS) is 19.1. The van der Waals surface area contributed by atoms with Gasteiger partial charge >= 0.3 is 5.97 Å². The lowest BCUT2D eigenvalue weighted by molar-refractivity contribution is -0.136. The van der Waals surface area contributed by atoms with Gasteiger partial charge in [-0.25, -0.2) is 9.79 Å². The molecular weight excluding hydrogens is 328 g/mol. The van der Waals surface area contributed by atoms with Gasteiger partial charge in [0, 0.05) is 6.20 Å². The topological polar surface area (TPSA) is 60.4 Å². The second-order valence-corrected chi connectivity index (χ2v) is 6.09. The summed E-state index contributed by atoms with van der Waals surface area (Å²) in [5.41, 5.74) is 2.07. The lowest BCUT2D eigenvalue weighted by Crippen LogP contribution is -2.33. The minimum Gasteiger partial charge on any atom is -0.493 e. The summed E-state index contributed by atoms with van der Waals surface area (Å²) in [6.07, 6.45) is 1.92. The third-order valence-corrected chi connectivity index (χ3v) is 4.72. The molecule has 0 fully saturated rings. The van der Waals surface area contributed by atoms with Gasteiger partial charge in [0.15, 0.2) is 16.7 Å². The van der Waals surface area contributed by atoms with Crippen LogP contribution in [-0.4, -0.2) is 37.4 Å². The summed E-state index contributed by atoms with van der Waals surface area (Å²) >= 11 is 1.52. The van der Waals surface area contributed by atoms with Crippen LogP contribution < -0.4 is 9.47 Å². The highest BCUT2D eigenvalue weighted by Crippen LogP contribution is 2.42. The minimum absolute atomic E-state index is 0.323. The van der Waals surface area contributed by atoms with Gasteiger partial charge in [-0.15, -0.1) is 0 Å². The molecule has 0 radical (unpaired) electrons. The van der Waals surface area contributed by atoms with Gasteiger partial charge in [0.1, 0.15) is 0 Å². The number of carbonyl (C=O) groups is 1. The van der Waals surface area contributed by atoms with Crippen LogP contribution in [-0.2, 0) is 9.53 Å². The Balaban J connectivity index is 2.14. The standard InChI is InChI=1S/C17H18N2O4S/c1-10-14(16(20)23-4)15(19-7-8-24-17(19)18-10)11-5-6-12(21-2)13(9-11)22-3/h5-9,15H,1-4H3/t15-/m1/s1. The molecule has 0 saturated heterocycles. The van der Waals surface area contributed by atoms with Crippen molar-refractivity contribution in [1.29, 1.82) is 0 Å². The van der Waals surface area contributed by atoms with Crippen molar-refractivity contribution >= 4 is 22.9 Å². The van der Waals surface area contributed by atoms with Crippen molar-refractivity contribution in [2.75, 3.05) is 21.3 Å². The highest BCUT2D eigenvalue weighted by Gasteiger charge is 2.37. The summed E-state index contributed by atoms with van der Waals surface area (Å²) < 4.78 is 15.7. The number of methoxy groups -OCH3 is 3. The number of benzene rings is 1. The van der Waals surface area contributed by atoms with E-state index < -0.39 is 0 Å². The zero-order valence-corrected chi connectivity index (χ0v) is 14.7. The van der Waals surface area contributed by atoms with Crippen molar-refractivity contribution in [3.8, 4) is 11.5 Å². The van der Waals surface area contributed by atoms with Crippen LogP contribution in [0.2, 0.25) is 0 Å². The molecule has 1 aromatic rings. The molecule has 0 amide bonds. The Bertz CT molecular complexity index is 770. The maximum absolute atomic E-state index is 12.4. The van der Waals surface area contributed by atoms with Crippen molar-refractivity contribution < 1.29 is 19.0 Å². The predicted molar refractivity (Wildman–Crippen MR) is 93.0 cm³/mol. The van der Waals surface area contributed by atoms with E-state index in [-0.39, 0.29) is 12.0 Å². The second kappa shape index (κ2) is 6.60. The molecule has 0 unspecified atom stereocenters. The molecule has 2 aliphatic rings. The molecule has 3 rings (SSSR count). The summed E-state index contributed by atoms with van der Waals surface area (Å²) in [7, 11) is 4.55. The molecular formula is C17H18N2O4S. The monoisotopic (exact) mass is 346 g/mol. The molecule has 0 aromatic heterocycles. The fourth-order valence-corrected chi connectivity index (χ4v) is 3.61. The number of hydrogen-bond donors (Lipinski definition) is 0. The molecule has 6 nitrogen and oxygen atoms in total. The fourth-order valence-electron chi connectivity index (χ4n) is 2.82. The lowest BCUT2D eigenvalue weighted by atomic mass is 9.94. The van der Waals surface area contributed by atoms with Crippen molar-refractivity contribution in [1.82, 2.24) is 4.90 Å². The fraction of sp³-hybridized carbons (Fsp3) is 0.294. The number of esters is 1. The molecule has 0 spiro atoms. The number of ether oxygens (including phenoxy) is 3. The number of nitrogens with zero attached hydrogens (tertiary/aromatic N) is 2. The number of thioether (sulfide) groups is 1. The third kappa shape index (κ3) is 2.65. The number of hydrogen-bond acceptors (Lipinski definition) is 7. The van der Waals surface area contributed by atoms with Crippen LogP contribution in [0.25, 0.3) is 0 Å². The molecule has 2 heterocycles. The van der Waals surface area contributed by atoms with E-state index in [1.165, 1.54) is 18.9 Å². The van der Waals surface area contributed by atoms with Gasteiger partial charge in [-0.05, 0) is 30.0 Å². The van der Waals surface area contributed by atoms with Crippen LogP contribution in [0.3, 0.4) is 0 Å². The summed E-state index contributed by atoms with van der Waals surface area (Å²) in [5.74, 6) is 0.856. The Morgan fingerprint density at radius 3 is 2.62 bits per heavy atom. The van der Waals surface area contributed by atoms with Crippen LogP contribution in [0.15, 0.2) is 46.1 Å². The average molecular weight is 346 g/mol. The van der Waals surface area contributed by atoms with E-state index >= 15 is 0 Å². The highest BCUT2D eigenvalue weighted by molar-refractivity contribution is 8.16. The van der Waals surface area contributed by atoms with Crippen molar-refractivity contribution in [3.63, 3.8) is 0 Å². The number of rotatable bonds is 4. The molecule has 1 atom stereocenters. The second-order valence-electron chi connectivity index (χ2n) is 5.21. The maximum Gasteiger partial charge on any atom is 0.338 e. The molecule has 126 valence electrons. The summed E-state index contributed by atoms with van der Waals surface area (Å²) in [6, 6.07) is 5.30. The molecule has 7 heteroatoms. The predicted octanol–water partition coefficient (Wildman–Crippen LogP) is 3.08. The molecule has 0 bridgehead atoms.